The lowest BCUT2D eigenvalue weighted by molar-refractivity contribution is 0.200. The zero-order valence-electron chi connectivity index (χ0n) is 12.6. The van der Waals surface area contributed by atoms with Crippen LogP contribution in [0.15, 0.2) is 0 Å². The minimum Gasteiger partial charge on any atom is -0.311 e. The summed E-state index contributed by atoms with van der Waals surface area (Å²) < 4.78 is 23.4. The molecule has 1 N–H and O–H groups in total. The van der Waals surface area contributed by atoms with Crippen LogP contribution in [0.2, 0.25) is 0 Å². The Bertz CT molecular complexity index is 393. The van der Waals surface area contributed by atoms with Gasteiger partial charge in [0, 0.05) is 18.3 Å². The second kappa shape index (κ2) is 6.13. The van der Waals surface area contributed by atoms with Gasteiger partial charge in [0.15, 0.2) is 0 Å². The Labute approximate surface area is 118 Å². The van der Waals surface area contributed by atoms with Crippen LogP contribution < -0.4 is 5.32 Å². The fourth-order valence-electron chi connectivity index (χ4n) is 3.90. The molecule has 0 aromatic heterocycles. The highest BCUT2D eigenvalue weighted by Crippen LogP contribution is 2.31. The molecule has 4 heteroatoms. The third kappa shape index (κ3) is 4.19. The Morgan fingerprint density at radius 1 is 1.00 bits per heavy atom. The topological polar surface area (TPSA) is 46.2 Å². The van der Waals surface area contributed by atoms with E-state index in [9.17, 15) is 8.42 Å². The van der Waals surface area contributed by atoms with Crippen LogP contribution in [0.25, 0.3) is 0 Å². The summed E-state index contributed by atoms with van der Waals surface area (Å²) in [6.07, 6.45) is 9.13. The van der Waals surface area contributed by atoms with Crippen molar-refractivity contribution in [2.45, 2.75) is 76.1 Å². The second-order valence-corrected chi connectivity index (χ2v) is 9.31. The average Bonchev–Trinajstić information content (AvgIpc) is 2.32. The molecule has 2 saturated carbocycles. The molecule has 5 unspecified atom stereocenters. The van der Waals surface area contributed by atoms with Gasteiger partial charge in [-0.1, -0.05) is 20.3 Å². The van der Waals surface area contributed by atoms with Gasteiger partial charge in [-0.25, -0.2) is 8.42 Å². The van der Waals surface area contributed by atoms with Crippen LogP contribution >= 0.6 is 0 Å². The van der Waals surface area contributed by atoms with Gasteiger partial charge in [0.2, 0.25) is 0 Å². The molecular weight excluding hydrogens is 258 g/mol. The molecule has 2 aliphatic carbocycles. The van der Waals surface area contributed by atoms with E-state index in [1.54, 1.807) is 0 Å². The van der Waals surface area contributed by atoms with Crippen molar-refractivity contribution >= 4 is 9.84 Å². The molecule has 0 spiro atoms. The van der Waals surface area contributed by atoms with E-state index in [0.29, 0.717) is 12.1 Å². The van der Waals surface area contributed by atoms with Gasteiger partial charge in [0.1, 0.15) is 9.84 Å². The van der Waals surface area contributed by atoms with Gasteiger partial charge in [-0.2, -0.15) is 0 Å². The molecule has 0 aromatic rings. The lowest BCUT2D eigenvalue weighted by Crippen LogP contribution is -2.47. The minimum atomic E-state index is -2.86. The predicted octanol–water partition coefficient (Wildman–Crippen LogP) is 2.76. The third-order valence-electron chi connectivity index (χ3n) is 5.11. The Morgan fingerprint density at radius 3 is 2.37 bits per heavy atom. The van der Waals surface area contributed by atoms with Crippen LogP contribution in [0.1, 0.15) is 58.8 Å². The first-order valence-electron chi connectivity index (χ1n) is 7.81. The molecule has 0 aromatic carbocycles. The fourth-order valence-corrected chi connectivity index (χ4v) is 5.08. The SMILES string of the molecule is CC1CCC(NC2CCCC(S(C)(=O)=O)C2)C(C)C1. The van der Waals surface area contributed by atoms with E-state index in [0.717, 1.165) is 37.5 Å². The monoisotopic (exact) mass is 287 g/mol. The largest absolute Gasteiger partial charge is 0.311 e. The number of sulfone groups is 1. The fraction of sp³-hybridized carbons (Fsp3) is 1.00. The molecule has 0 amide bonds. The molecule has 0 saturated heterocycles. The first-order valence-corrected chi connectivity index (χ1v) is 9.76. The zero-order valence-corrected chi connectivity index (χ0v) is 13.4. The normalized spacial score (nSPS) is 41.1. The third-order valence-corrected chi connectivity index (χ3v) is 6.75. The van der Waals surface area contributed by atoms with Crippen LogP contribution in [-0.2, 0) is 9.84 Å². The van der Waals surface area contributed by atoms with Crippen molar-refractivity contribution in [1.82, 2.24) is 5.32 Å². The molecule has 3 nitrogen and oxygen atoms in total. The summed E-state index contributed by atoms with van der Waals surface area (Å²) in [5.74, 6) is 1.57. The van der Waals surface area contributed by atoms with Gasteiger partial charge in [0.25, 0.3) is 0 Å². The molecule has 0 bridgehead atoms. The lowest BCUT2D eigenvalue weighted by atomic mass is 9.79. The minimum absolute atomic E-state index is 0.114. The van der Waals surface area contributed by atoms with Crippen molar-refractivity contribution in [3.05, 3.63) is 0 Å². The molecule has 0 heterocycles. The summed E-state index contributed by atoms with van der Waals surface area (Å²) in [5.41, 5.74) is 0. The van der Waals surface area contributed by atoms with Crippen molar-refractivity contribution < 1.29 is 8.42 Å². The smallest absolute Gasteiger partial charge is 0.150 e. The van der Waals surface area contributed by atoms with Gasteiger partial charge < -0.3 is 5.32 Å². The Morgan fingerprint density at radius 2 is 1.74 bits per heavy atom. The highest BCUT2D eigenvalue weighted by Gasteiger charge is 2.32. The first-order chi connectivity index (χ1) is 8.86. The van der Waals surface area contributed by atoms with E-state index in [-0.39, 0.29) is 5.25 Å². The second-order valence-electron chi connectivity index (χ2n) is 6.98. The summed E-state index contributed by atoms with van der Waals surface area (Å²) in [5, 5.41) is 3.65. The van der Waals surface area contributed by atoms with Crippen molar-refractivity contribution in [3.63, 3.8) is 0 Å². The summed E-state index contributed by atoms with van der Waals surface area (Å²) >= 11 is 0. The summed E-state index contributed by atoms with van der Waals surface area (Å²) in [7, 11) is -2.86. The maximum atomic E-state index is 11.7. The van der Waals surface area contributed by atoms with Crippen LogP contribution in [0.3, 0.4) is 0 Å². The van der Waals surface area contributed by atoms with E-state index >= 15 is 0 Å². The molecular formula is C15H29NO2S. The molecule has 2 rings (SSSR count). The molecule has 0 radical (unpaired) electrons. The number of hydrogen-bond acceptors (Lipinski definition) is 3. The highest BCUT2D eigenvalue weighted by atomic mass is 32.2. The predicted molar refractivity (Wildman–Crippen MR) is 80.0 cm³/mol. The van der Waals surface area contributed by atoms with E-state index in [4.69, 9.17) is 0 Å². The van der Waals surface area contributed by atoms with Crippen molar-refractivity contribution in [3.8, 4) is 0 Å². The number of rotatable bonds is 3. The lowest BCUT2D eigenvalue weighted by Gasteiger charge is -2.38. The van der Waals surface area contributed by atoms with E-state index in [2.05, 4.69) is 19.2 Å². The Hall–Kier alpha value is -0.0900. The average molecular weight is 287 g/mol. The summed E-state index contributed by atoms with van der Waals surface area (Å²) in [4.78, 5) is 0. The van der Waals surface area contributed by atoms with E-state index in [1.807, 2.05) is 0 Å². The zero-order chi connectivity index (χ0) is 14.0. The van der Waals surface area contributed by atoms with Crippen LogP contribution in [0, 0.1) is 11.8 Å². The number of hydrogen-bond donors (Lipinski definition) is 1. The first kappa shape index (κ1) is 15.3. The quantitative estimate of drug-likeness (QED) is 0.868. The van der Waals surface area contributed by atoms with Crippen molar-refractivity contribution in [2.75, 3.05) is 6.26 Å². The number of nitrogens with one attached hydrogen (secondary N) is 1. The molecule has 5 atom stereocenters. The van der Waals surface area contributed by atoms with Gasteiger partial charge in [-0.3, -0.25) is 0 Å². The van der Waals surface area contributed by atoms with Gasteiger partial charge >= 0.3 is 0 Å². The van der Waals surface area contributed by atoms with Gasteiger partial charge in [0.05, 0.1) is 5.25 Å². The molecule has 0 aliphatic heterocycles. The Kier molecular flexibility index (Phi) is 4.93. The van der Waals surface area contributed by atoms with Crippen LogP contribution in [0.5, 0.6) is 0 Å². The summed E-state index contributed by atoms with van der Waals surface area (Å²) in [6.45, 7) is 4.68. The van der Waals surface area contributed by atoms with Crippen molar-refractivity contribution in [1.29, 1.82) is 0 Å². The molecule has 19 heavy (non-hydrogen) atoms. The maximum absolute atomic E-state index is 11.7. The standard InChI is InChI=1S/C15H29NO2S/c1-11-7-8-15(12(2)9-11)16-13-5-4-6-14(10-13)19(3,17)18/h11-16H,4-10H2,1-3H3. The molecule has 112 valence electrons. The van der Waals surface area contributed by atoms with E-state index < -0.39 is 9.84 Å². The van der Waals surface area contributed by atoms with E-state index in [1.165, 1.54) is 25.5 Å². The van der Waals surface area contributed by atoms with Crippen LogP contribution in [0.4, 0.5) is 0 Å². The Balaban J connectivity index is 1.89. The summed E-state index contributed by atoms with van der Waals surface area (Å²) in [6, 6.07) is 1.01. The molecule has 2 aliphatic rings. The van der Waals surface area contributed by atoms with Crippen LogP contribution in [-0.4, -0.2) is 32.0 Å². The van der Waals surface area contributed by atoms with Gasteiger partial charge in [-0.05, 0) is 50.4 Å². The maximum Gasteiger partial charge on any atom is 0.150 e. The van der Waals surface area contributed by atoms with Gasteiger partial charge in [-0.15, -0.1) is 0 Å². The van der Waals surface area contributed by atoms with Crippen molar-refractivity contribution in [2.24, 2.45) is 11.8 Å². The molecule has 2 fully saturated rings. The highest BCUT2D eigenvalue weighted by molar-refractivity contribution is 7.91.